The average molecular weight is 290 g/mol. The van der Waals surface area contributed by atoms with Crippen molar-refractivity contribution < 1.29 is 10.2 Å². The number of hydrogen-bond donors (Lipinski definition) is 2. The van der Waals surface area contributed by atoms with Crippen LogP contribution in [0, 0.1) is 5.92 Å². The van der Waals surface area contributed by atoms with E-state index >= 15 is 0 Å². The number of hydrogen-bond acceptors (Lipinski definition) is 3. The number of benzene rings is 1. The molecule has 2 rings (SSSR count). The Morgan fingerprint density at radius 3 is 2.72 bits per heavy atom. The predicted octanol–water partition coefficient (Wildman–Crippen LogP) is 2.90. The van der Waals surface area contributed by atoms with Crippen molar-refractivity contribution in [2.45, 2.75) is 19.4 Å². The molecular weight excluding hydrogens is 273 g/mol. The van der Waals surface area contributed by atoms with Gasteiger partial charge < -0.3 is 10.2 Å². The summed E-state index contributed by atoms with van der Waals surface area (Å²) in [6.45, 7) is 2.70. The van der Waals surface area contributed by atoms with E-state index < -0.39 is 0 Å². The number of aliphatic hydroxyl groups is 1. The van der Waals surface area contributed by atoms with Gasteiger partial charge in [0.15, 0.2) is 0 Å². The molecule has 1 aromatic carbocycles. The number of phenolic OH excluding ortho intramolecular Hbond substituents is 1. The fourth-order valence-corrected chi connectivity index (χ4v) is 2.73. The lowest BCUT2D eigenvalue weighted by molar-refractivity contribution is 0.115. The molecule has 1 atom stereocenters. The number of aliphatic hydroxyl groups excluding tert-OH is 1. The number of likely N-dealkylation sites (tertiary alicyclic amines) is 1. The molecule has 0 aromatic heterocycles. The highest BCUT2D eigenvalue weighted by molar-refractivity contribution is 6.42. The minimum absolute atomic E-state index is 0.176. The van der Waals surface area contributed by atoms with Gasteiger partial charge in [-0.3, -0.25) is 4.90 Å². The molecule has 1 saturated heterocycles. The third kappa shape index (κ3) is 3.29. The number of nitrogens with zero attached hydrogens (tertiary/aromatic N) is 1. The third-order valence-corrected chi connectivity index (χ3v) is 4.10. The molecule has 18 heavy (non-hydrogen) atoms. The molecule has 1 aromatic rings. The molecule has 1 unspecified atom stereocenters. The Kier molecular flexibility index (Phi) is 4.73. The van der Waals surface area contributed by atoms with Crippen molar-refractivity contribution in [2.75, 3.05) is 19.7 Å². The normalized spacial score (nSPS) is 21.2. The van der Waals surface area contributed by atoms with Crippen molar-refractivity contribution >= 4 is 23.2 Å². The summed E-state index contributed by atoms with van der Waals surface area (Å²) < 4.78 is 0. The molecule has 0 saturated carbocycles. The molecule has 1 fully saturated rings. The molecule has 100 valence electrons. The van der Waals surface area contributed by atoms with Gasteiger partial charge in [0.1, 0.15) is 5.75 Å². The Balaban J connectivity index is 2.07. The quantitative estimate of drug-likeness (QED) is 0.899. The first-order valence-electron chi connectivity index (χ1n) is 6.10. The summed E-state index contributed by atoms with van der Waals surface area (Å²) in [5, 5.41) is 19.9. The van der Waals surface area contributed by atoms with Crippen LogP contribution in [-0.2, 0) is 6.54 Å². The number of piperidine rings is 1. The molecule has 0 aliphatic carbocycles. The molecule has 1 heterocycles. The maximum Gasteiger partial charge on any atom is 0.121 e. The molecule has 5 heteroatoms. The maximum atomic E-state index is 9.85. The van der Waals surface area contributed by atoms with Gasteiger partial charge in [-0.05, 0) is 31.4 Å². The zero-order valence-electron chi connectivity index (χ0n) is 10.1. The van der Waals surface area contributed by atoms with Gasteiger partial charge in [-0.1, -0.05) is 23.2 Å². The van der Waals surface area contributed by atoms with E-state index in [9.17, 15) is 10.2 Å². The second-order valence-electron chi connectivity index (χ2n) is 4.82. The molecule has 0 spiro atoms. The first-order chi connectivity index (χ1) is 8.60. The highest BCUT2D eigenvalue weighted by Crippen LogP contribution is 2.31. The van der Waals surface area contributed by atoms with E-state index in [4.69, 9.17) is 23.2 Å². The highest BCUT2D eigenvalue weighted by Gasteiger charge is 2.20. The van der Waals surface area contributed by atoms with Gasteiger partial charge >= 0.3 is 0 Å². The summed E-state index contributed by atoms with van der Waals surface area (Å²) in [5.41, 5.74) is 0.781. The summed E-state index contributed by atoms with van der Waals surface area (Å²) in [5.74, 6) is 0.513. The van der Waals surface area contributed by atoms with Crippen LogP contribution in [0.1, 0.15) is 18.4 Å². The number of aromatic hydroxyl groups is 1. The lowest BCUT2D eigenvalue weighted by Crippen LogP contribution is -2.36. The zero-order chi connectivity index (χ0) is 13.1. The van der Waals surface area contributed by atoms with Gasteiger partial charge in [-0.25, -0.2) is 0 Å². The fraction of sp³-hybridized carbons (Fsp3) is 0.538. The van der Waals surface area contributed by atoms with E-state index in [0.29, 0.717) is 22.5 Å². The van der Waals surface area contributed by atoms with Crippen molar-refractivity contribution in [1.82, 2.24) is 4.90 Å². The van der Waals surface area contributed by atoms with Gasteiger partial charge in [0, 0.05) is 31.3 Å². The summed E-state index contributed by atoms with van der Waals surface area (Å²) in [4.78, 5) is 2.23. The molecule has 0 bridgehead atoms. The zero-order valence-corrected chi connectivity index (χ0v) is 11.6. The van der Waals surface area contributed by atoms with Crippen molar-refractivity contribution in [3.05, 3.63) is 27.7 Å². The molecule has 2 N–H and O–H groups in total. The van der Waals surface area contributed by atoms with Crippen LogP contribution >= 0.6 is 23.2 Å². The lowest BCUT2D eigenvalue weighted by Gasteiger charge is -2.31. The Bertz CT molecular complexity index is 426. The maximum absolute atomic E-state index is 9.85. The van der Waals surface area contributed by atoms with Crippen molar-refractivity contribution in [3.8, 4) is 5.75 Å². The topological polar surface area (TPSA) is 43.7 Å². The van der Waals surface area contributed by atoms with Crippen LogP contribution in [0.3, 0.4) is 0 Å². The van der Waals surface area contributed by atoms with E-state index in [1.54, 1.807) is 6.07 Å². The second-order valence-corrected chi connectivity index (χ2v) is 5.64. The Morgan fingerprint density at radius 1 is 1.28 bits per heavy atom. The molecule has 1 aliphatic heterocycles. The number of halogens is 2. The van der Waals surface area contributed by atoms with E-state index in [-0.39, 0.29) is 12.4 Å². The largest absolute Gasteiger partial charge is 0.508 e. The van der Waals surface area contributed by atoms with E-state index in [0.717, 1.165) is 31.5 Å². The Morgan fingerprint density at radius 2 is 2.00 bits per heavy atom. The minimum atomic E-state index is 0.176. The Labute approximate surface area is 117 Å². The van der Waals surface area contributed by atoms with E-state index in [1.807, 2.05) is 0 Å². The molecule has 0 radical (unpaired) electrons. The molecular formula is C13H17Cl2NO2. The first kappa shape index (κ1) is 13.9. The molecule has 3 nitrogen and oxygen atoms in total. The highest BCUT2D eigenvalue weighted by atomic mass is 35.5. The van der Waals surface area contributed by atoms with Crippen molar-refractivity contribution in [1.29, 1.82) is 0 Å². The Hall–Kier alpha value is -0.480. The fourth-order valence-electron chi connectivity index (χ4n) is 2.39. The van der Waals surface area contributed by atoms with E-state index in [1.165, 1.54) is 6.07 Å². The van der Waals surface area contributed by atoms with Gasteiger partial charge in [0.05, 0.1) is 10.0 Å². The van der Waals surface area contributed by atoms with Crippen LogP contribution in [0.5, 0.6) is 5.75 Å². The van der Waals surface area contributed by atoms with Gasteiger partial charge in [-0.15, -0.1) is 0 Å². The van der Waals surface area contributed by atoms with Crippen LogP contribution < -0.4 is 0 Å². The van der Waals surface area contributed by atoms with Crippen molar-refractivity contribution in [3.63, 3.8) is 0 Å². The minimum Gasteiger partial charge on any atom is -0.508 e. The van der Waals surface area contributed by atoms with Crippen LogP contribution in [0.2, 0.25) is 10.0 Å². The van der Waals surface area contributed by atoms with Gasteiger partial charge in [0.2, 0.25) is 0 Å². The summed E-state index contributed by atoms with van der Waals surface area (Å²) in [6, 6.07) is 3.19. The van der Waals surface area contributed by atoms with E-state index in [2.05, 4.69) is 4.90 Å². The number of rotatable bonds is 3. The lowest BCUT2D eigenvalue weighted by atomic mass is 9.98. The summed E-state index contributed by atoms with van der Waals surface area (Å²) in [7, 11) is 0. The van der Waals surface area contributed by atoms with Crippen LogP contribution in [0.15, 0.2) is 12.1 Å². The van der Waals surface area contributed by atoms with Crippen molar-refractivity contribution in [2.24, 2.45) is 5.92 Å². The van der Waals surface area contributed by atoms with Crippen LogP contribution in [-0.4, -0.2) is 34.8 Å². The third-order valence-electron chi connectivity index (χ3n) is 3.38. The monoisotopic (exact) mass is 289 g/mol. The summed E-state index contributed by atoms with van der Waals surface area (Å²) in [6.07, 6.45) is 2.15. The van der Waals surface area contributed by atoms with Gasteiger partial charge in [-0.2, -0.15) is 0 Å². The smallest absolute Gasteiger partial charge is 0.121 e. The number of phenols is 1. The molecule has 0 amide bonds. The van der Waals surface area contributed by atoms with Crippen LogP contribution in [0.25, 0.3) is 0 Å². The standard InChI is InChI=1S/C13H17Cl2NO2/c14-11-4-10(13(18)5-12(11)15)7-16-3-1-2-9(6-16)8-17/h4-5,9,17-18H,1-3,6-8H2. The average Bonchev–Trinajstić information content (AvgIpc) is 2.36. The van der Waals surface area contributed by atoms with Crippen LogP contribution in [0.4, 0.5) is 0 Å². The SMILES string of the molecule is OCC1CCCN(Cc2cc(Cl)c(Cl)cc2O)C1. The first-order valence-corrected chi connectivity index (χ1v) is 6.86. The second kappa shape index (κ2) is 6.11. The molecule has 1 aliphatic rings. The predicted molar refractivity (Wildman–Crippen MR) is 73.2 cm³/mol. The summed E-state index contributed by atoms with van der Waals surface area (Å²) >= 11 is 11.8. The van der Waals surface area contributed by atoms with Gasteiger partial charge in [0.25, 0.3) is 0 Å².